The van der Waals surface area contributed by atoms with Gasteiger partial charge in [0.2, 0.25) is 0 Å². The van der Waals surface area contributed by atoms with Gasteiger partial charge < -0.3 is 0 Å². The Hall–Kier alpha value is -6.23. The normalized spacial score (nSPS) is 15.8. The van der Waals surface area contributed by atoms with E-state index in [1.807, 2.05) is 42.5 Å². The number of hydrogen-bond donors (Lipinski definition) is 0. The highest BCUT2D eigenvalue weighted by Gasteiger charge is 2.47. The summed E-state index contributed by atoms with van der Waals surface area (Å²) in [5.74, 6) is 0.885. The monoisotopic (exact) mass is 667 g/mol. The SMILES string of the molecule is C1=Cc2ccc(-c3ccc4c(c3)c3ccncc3n4-c3ccccn3)cc2C2(c3ccccc31)c1ccccc1Sc1c2ccc2ccccc12. The van der Waals surface area contributed by atoms with Crippen LogP contribution in [0.25, 0.3) is 61.7 Å². The number of pyridine rings is 2. The van der Waals surface area contributed by atoms with Gasteiger partial charge in [0.1, 0.15) is 5.82 Å². The molecule has 0 amide bonds. The van der Waals surface area contributed by atoms with Crippen molar-refractivity contribution in [1.82, 2.24) is 14.5 Å². The largest absolute Gasteiger partial charge is 0.292 e. The molecule has 1 atom stereocenters. The van der Waals surface area contributed by atoms with Gasteiger partial charge in [0, 0.05) is 33.0 Å². The first-order valence-corrected chi connectivity index (χ1v) is 18.1. The third-order valence-corrected chi connectivity index (χ3v) is 12.1. The van der Waals surface area contributed by atoms with Gasteiger partial charge in [-0.2, -0.15) is 0 Å². The summed E-state index contributed by atoms with van der Waals surface area (Å²) < 4.78 is 2.22. The summed E-state index contributed by atoms with van der Waals surface area (Å²) in [6.45, 7) is 0. The van der Waals surface area contributed by atoms with Gasteiger partial charge in [0.15, 0.2) is 0 Å². The Bertz CT molecular complexity index is 2900. The molecule has 4 heteroatoms. The minimum Gasteiger partial charge on any atom is -0.292 e. The molecule has 0 N–H and O–H groups in total. The lowest BCUT2D eigenvalue weighted by molar-refractivity contribution is 0.704. The number of fused-ring (bicyclic) bond motifs is 13. The first-order valence-electron chi connectivity index (χ1n) is 17.3. The highest BCUT2D eigenvalue weighted by atomic mass is 32.2. The highest BCUT2D eigenvalue weighted by molar-refractivity contribution is 7.99. The second kappa shape index (κ2) is 10.9. The Morgan fingerprint density at radius 2 is 1.29 bits per heavy atom. The summed E-state index contributed by atoms with van der Waals surface area (Å²) in [6, 6.07) is 53.6. The van der Waals surface area contributed by atoms with E-state index in [4.69, 9.17) is 4.98 Å². The van der Waals surface area contributed by atoms with Crippen molar-refractivity contribution >= 4 is 56.5 Å². The van der Waals surface area contributed by atoms with Gasteiger partial charge in [-0.3, -0.25) is 9.55 Å². The van der Waals surface area contributed by atoms with Crippen LogP contribution in [0.5, 0.6) is 0 Å². The van der Waals surface area contributed by atoms with Crippen molar-refractivity contribution in [1.29, 1.82) is 0 Å². The van der Waals surface area contributed by atoms with E-state index >= 15 is 0 Å². The molecule has 6 aromatic carbocycles. The summed E-state index contributed by atoms with van der Waals surface area (Å²) in [4.78, 5) is 11.8. The fourth-order valence-corrected chi connectivity index (χ4v) is 9.97. The lowest BCUT2D eigenvalue weighted by atomic mass is 9.63. The molecule has 0 bridgehead atoms. The number of aromatic nitrogens is 3. The van der Waals surface area contributed by atoms with E-state index in [0.29, 0.717) is 0 Å². The third kappa shape index (κ3) is 4.02. The summed E-state index contributed by atoms with van der Waals surface area (Å²) in [7, 11) is 0. The van der Waals surface area contributed by atoms with Gasteiger partial charge in [-0.25, -0.2) is 4.98 Å². The van der Waals surface area contributed by atoms with Crippen molar-refractivity contribution < 1.29 is 0 Å². The maximum Gasteiger partial charge on any atom is 0.137 e. The average molecular weight is 668 g/mol. The summed E-state index contributed by atoms with van der Waals surface area (Å²) >= 11 is 1.91. The molecule has 0 fully saturated rings. The molecule has 51 heavy (non-hydrogen) atoms. The fourth-order valence-electron chi connectivity index (χ4n) is 8.64. The molecule has 0 saturated carbocycles. The van der Waals surface area contributed by atoms with E-state index in [9.17, 15) is 0 Å². The standard InChI is InChI=1S/C47H29N3S/c1-3-11-35-30(9-1)20-22-40-46(35)51-44-14-6-5-13-39(44)47(40)38-12-4-2-10-31(38)16-17-32-18-19-34(28-41(32)47)33-21-23-42-37(27-33)36-24-26-48-29-43(36)50(42)45-15-7-8-25-49-45/h1-29H. The Morgan fingerprint density at radius 1 is 0.510 bits per heavy atom. The molecule has 0 saturated heterocycles. The predicted molar refractivity (Wildman–Crippen MR) is 211 cm³/mol. The Morgan fingerprint density at radius 3 is 2.22 bits per heavy atom. The molecule has 1 unspecified atom stereocenters. The van der Waals surface area contributed by atoms with Crippen LogP contribution in [0.3, 0.4) is 0 Å². The van der Waals surface area contributed by atoms with Crippen LogP contribution in [0.15, 0.2) is 174 Å². The van der Waals surface area contributed by atoms with Crippen LogP contribution in [0.4, 0.5) is 0 Å². The lowest BCUT2D eigenvalue weighted by Crippen LogP contribution is -2.35. The molecule has 3 nitrogen and oxygen atoms in total. The third-order valence-electron chi connectivity index (χ3n) is 10.8. The van der Waals surface area contributed by atoms with Crippen molar-refractivity contribution in [2.24, 2.45) is 0 Å². The zero-order chi connectivity index (χ0) is 33.5. The number of benzene rings is 6. The number of hydrogen-bond acceptors (Lipinski definition) is 3. The smallest absolute Gasteiger partial charge is 0.137 e. The van der Waals surface area contributed by atoms with E-state index < -0.39 is 5.41 Å². The molecule has 1 spiro atoms. The molecule has 0 radical (unpaired) electrons. The van der Waals surface area contributed by atoms with Crippen LogP contribution in [-0.4, -0.2) is 14.5 Å². The molecule has 1 aliphatic heterocycles. The van der Waals surface area contributed by atoms with Gasteiger partial charge in [0.05, 0.1) is 22.6 Å². The van der Waals surface area contributed by atoms with Gasteiger partial charge in [-0.1, -0.05) is 127 Å². The average Bonchev–Trinajstić information content (AvgIpc) is 3.45. The van der Waals surface area contributed by atoms with E-state index in [0.717, 1.165) is 22.2 Å². The Labute approximate surface area is 299 Å². The topological polar surface area (TPSA) is 30.7 Å². The summed E-state index contributed by atoms with van der Waals surface area (Å²) in [5.41, 5.74) is 11.7. The first kappa shape index (κ1) is 28.6. The zero-order valence-electron chi connectivity index (χ0n) is 27.5. The van der Waals surface area contributed by atoms with Crippen molar-refractivity contribution in [2.75, 3.05) is 0 Å². The van der Waals surface area contributed by atoms with E-state index in [1.165, 1.54) is 70.5 Å². The Kier molecular flexibility index (Phi) is 6.10. The minimum absolute atomic E-state index is 0.530. The quantitative estimate of drug-likeness (QED) is 0.184. The van der Waals surface area contributed by atoms with Crippen LogP contribution in [-0.2, 0) is 5.41 Å². The van der Waals surface area contributed by atoms with Crippen LogP contribution < -0.4 is 0 Å². The fraction of sp³-hybridized carbons (Fsp3) is 0.0213. The molecule has 238 valence electrons. The highest BCUT2D eigenvalue weighted by Crippen LogP contribution is 2.59. The number of nitrogens with zero attached hydrogens (tertiary/aromatic N) is 3. The maximum atomic E-state index is 4.71. The molecular weight excluding hydrogens is 639 g/mol. The molecular formula is C47H29N3S. The van der Waals surface area contributed by atoms with Crippen LogP contribution in [0, 0.1) is 0 Å². The Balaban J connectivity index is 1.21. The molecule has 1 aliphatic carbocycles. The summed E-state index contributed by atoms with van der Waals surface area (Å²) in [6.07, 6.45) is 10.3. The van der Waals surface area contributed by atoms with E-state index in [1.54, 1.807) is 0 Å². The lowest BCUT2D eigenvalue weighted by Gasteiger charge is -2.43. The second-order valence-corrected chi connectivity index (χ2v) is 14.4. The predicted octanol–water partition coefficient (Wildman–Crippen LogP) is 11.7. The number of rotatable bonds is 2. The van der Waals surface area contributed by atoms with Crippen LogP contribution in [0.2, 0.25) is 0 Å². The van der Waals surface area contributed by atoms with Gasteiger partial charge >= 0.3 is 0 Å². The van der Waals surface area contributed by atoms with Crippen molar-refractivity contribution in [2.45, 2.75) is 15.2 Å². The molecule has 11 rings (SSSR count). The molecule has 3 aromatic heterocycles. The zero-order valence-corrected chi connectivity index (χ0v) is 28.3. The van der Waals surface area contributed by atoms with E-state index in [-0.39, 0.29) is 0 Å². The second-order valence-electron chi connectivity index (χ2n) is 13.4. The first-order chi connectivity index (χ1) is 25.3. The maximum absolute atomic E-state index is 4.71. The van der Waals surface area contributed by atoms with Gasteiger partial charge in [0.25, 0.3) is 0 Å². The van der Waals surface area contributed by atoms with Crippen molar-refractivity contribution in [3.05, 3.63) is 198 Å². The van der Waals surface area contributed by atoms with Crippen molar-refractivity contribution in [3.8, 4) is 16.9 Å². The molecule has 9 aromatic rings. The van der Waals surface area contributed by atoms with Crippen molar-refractivity contribution in [3.63, 3.8) is 0 Å². The summed E-state index contributed by atoms with van der Waals surface area (Å²) in [5, 5.41) is 4.91. The van der Waals surface area contributed by atoms with Gasteiger partial charge in [-0.05, 0) is 97.7 Å². The van der Waals surface area contributed by atoms with Gasteiger partial charge in [-0.15, -0.1) is 0 Å². The van der Waals surface area contributed by atoms with E-state index in [2.05, 4.69) is 155 Å². The minimum atomic E-state index is -0.530. The van der Waals surface area contributed by atoms with Crippen LogP contribution in [0.1, 0.15) is 33.4 Å². The molecule has 4 heterocycles. The van der Waals surface area contributed by atoms with Crippen LogP contribution >= 0.6 is 11.8 Å². The molecule has 2 aliphatic rings.